The Morgan fingerprint density at radius 1 is 1.08 bits per heavy atom. The van der Waals surface area contributed by atoms with Gasteiger partial charge in [-0.05, 0) is 19.1 Å². The molecule has 0 atom stereocenters. The summed E-state index contributed by atoms with van der Waals surface area (Å²) in [5.74, 6) is 0. The Labute approximate surface area is 142 Å². The van der Waals surface area contributed by atoms with Gasteiger partial charge in [0.1, 0.15) is 4.90 Å². The van der Waals surface area contributed by atoms with Crippen LogP contribution in [0.25, 0.3) is 5.69 Å². The van der Waals surface area contributed by atoms with Gasteiger partial charge in [-0.1, -0.05) is 18.2 Å². The molecule has 2 aromatic rings. The van der Waals surface area contributed by atoms with Crippen molar-refractivity contribution in [3.05, 3.63) is 42.2 Å². The summed E-state index contributed by atoms with van der Waals surface area (Å²) >= 11 is 0. The molecular weight excluding hydrogens is 330 g/mol. The van der Waals surface area contributed by atoms with Crippen molar-refractivity contribution >= 4 is 10.0 Å². The second-order valence-electron chi connectivity index (χ2n) is 5.25. The van der Waals surface area contributed by atoms with Crippen LogP contribution in [0.3, 0.4) is 0 Å². The first-order chi connectivity index (χ1) is 11.5. The fourth-order valence-corrected chi connectivity index (χ4v) is 3.84. The Morgan fingerprint density at radius 2 is 1.67 bits per heavy atom. The number of aromatic nitrogens is 2. The minimum Gasteiger partial charge on any atom is -0.383 e. The van der Waals surface area contributed by atoms with E-state index in [9.17, 15) is 8.42 Å². The Balaban J connectivity index is 2.34. The molecule has 1 aromatic heterocycles. The van der Waals surface area contributed by atoms with Gasteiger partial charge in [-0.3, -0.25) is 0 Å². The van der Waals surface area contributed by atoms with E-state index < -0.39 is 10.0 Å². The fourth-order valence-electron chi connectivity index (χ4n) is 2.29. The van der Waals surface area contributed by atoms with Gasteiger partial charge in [0.25, 0.3) is 0 Å². The first kappa shape index (κ1) is 18.6. The van der Waals surface area contributed by atoms with Crippen molar-refractivity contribution in [2.45, 2.75) is 11.8 Å². The molecule has 0 aliphatic carbocycles. The maximum Gasteiger partial charge on any atom is 0.246 e. The van der Waals surface area contributed by atoms with Gasteiger partial charge in [-0.15, -0.1) is 0 Å². The summed E-state index contributed by atoms with van der Waals surface area (Å²) in [4.78, 5) is 0.193. The molecule has 0 aliphatic rings. The number of benzene rings is 1. The molecule has 1 aromatic carbocycles. The standard InChI is InChI=1S/C16H23N3O4S/c1-14-16(13-19(17-14)15-7-5-4-6-8-15)24(20,21)18(9-11-22-2)10-12-23-3/h4-8,13H,9-12H2,1-3H3. The van der Waals surface area contributed by atoms with Crippen molar-refractivity contribution in [3.63, 3.8) is 0 Å². The minimum atomic E-state index is -3.67. The monoisotopic (exact) mass is 353 g/mol. The Kier molecular flexibility index (Phi) is 6.50. The van der Waals surface area contributed by atoms with Crippen molar-refractivity contribution in [3.8, 4) is 5.69 Å². The molecule has 0 aliphatic heterocycles. The zero-order valence-electron chi connectivity index (χ0n) is 14.2. The first-order valence-corrected chi connectivity index (χ1v) is 9.04. The average molecular weight is 353 g/mol. The van der Waals surface area contributed by atoms with Gasteiger partial charge in [0.15, 0.2) is 0 Å². The molecule has 132 valence electrons. The summed E-state index contributed by atoms with van der Waals surface area (Å²) in [7, 11) is -0.590. The number of hydrogen-bond donors (Lipinski definition) is 0. The summed E-state index contributed by atoms with van der Waals surface area (Å²) < 4.78 is 38.9. The van der Waals surface area contributed by atoms with E-state index in [0.717, 1.165) is 5.69 Å². The van der Waals surface area contributed by atoms with E-state index in [1.165, 1.54) is 4.31 Å². The van der Waals surface area contributed by atoms with Crippen molar-refractivity contribution in [1.82, 2.24) is 14.1 Å². The van der Waals surface area contributed by atoms with Crippen molar-refractivity contribution in [2.75, 3.05) is 40.5 Å². The lowest BCUT2D eigenvalue weighted by Gasteiger charge is -2.21. The van der Waals surface area contributed by atoms with Crippen LogP contribution in [0.2, 0.25) is 0 Å². The van der Waals surface area contributed by atoms with E-state index in [1.54, 1.807) is 32.0 Å². The molecule has 1 heterocycles. The van der Waals surface area contributed by atoms with Crippen molar-refractivity contribution in [1.29, 1.82) is 0 Å². The molecule has 0 amide bonds. The van der Waals surface area contributed by atoms with Gasteiger partial charge in [-0.2, -0.15) is 9.40 Å². The largest absolute Gasteiger partial charge is 0.383 e. The molecule has 0 N–H and O–H groups in total. The number of sulfonamides is 1. The van der Waals surface area contributed by atoms with Crippen molar-refractivity contribution in [2.24, 2.45) is 0 Å². The highest BCUT2D eigenvalue weighted by Crippen LogP contribution is 2.20. The minimum absolute atomic E-state index is 0.193. The van der Waals surface area contributed by atoms with Crippen LogP contribution in [-0.4, -0.2) is 63.0 Å². The molecular formula is C16H23N3O4S. The molecule has 8 heteroatoms. The smallest absolute Gasteiger partial charge is 0.246 e. The summed E-state index contributed by atoms with van der Waals surface area (Å²) in [5, 5.41) is 4.34. The first-order valence-electron chi connectivity index (χ1n) is 7.60. The van der Waals surface area contributed by atoms with Gasteiger partial charge in [-0.25, -0.2) is 13.1 Å². The maximum absolute atomic E-state index is 13.0. The number of nitrogens with zero attached hydrogens (tertiary/aromatic N) is 3. The molecule has 0 bridgehead atoms. The highest BCUT2D eigenvalue weighted by atomic mass is 32.2. The van der Waals surface area contributed by atoms with E-state index in [0.29, 0.717) is 18.9 Å². The third kappa shape index (κ3) is 4.21. The zero-order chi connectivity index (χ0) is 17.6. The van der Waals surface area contributed by atoms with Gasteiger partial charge in [0, 0.05) is 27.3 Å². The second-order valence-corrected chi connectivity index (χ2v) is 7.15. The average Bonchev–Trinajstić information content (AvgIpc) is 2.98. The molecule has 7 nitrogen and oxygen atoms in total. The number of methoxy groups -OCH3 is 2. The highest BCUT2D eigenvalue weighted by Gasteiger charge is 2.28. The molecule has 0 fully saturated rings. The molecule has 0 spiro atoms. The molecule has 0 unspecified atom stereocenters. The molecule has 0 saturated carbocycles. The topological polar surface area (TPSA) is 73.7 Å². The van der Waals surface area contributed by atoms with Gasteiger partial charge >= 0.3 is 0 Å². The van der Waals surface area contributed by atoms with Gasteiger partial charge < -0.3 is 9.47 Å². The van der Waals surface area contributed by atoms with Crippen LogP contribution >= 0.6 is 0 Å². The van der Waals surface area contributed by atoms with Crippen LogP contribution in [0.4, 0.5) is 0 Å². The summed E-state index contributed by atoms with van der Waals surface area (Å²) in [5.41, 5.74) is 1.26. The zero-order valence-corrected chi connectivity index (χ0v) is 15.0. The van der Waals surface area contributed by atoms with Crippen LogP contribution in [0, 0.1) is 6.92 Å². The number of para-hydroxylation sites is 1. The van der Waals surface area contributed by atoms with Crippen LogP contribution in [0.15, 0.2) is 41.4 Å². The van der Waals surface area contributed by atoms with Gasteiger partial charge in [0.2, 0.25) is 10.0 Å². The molecule has 2 rings (SSSR count). The van der Waals surface area contributed by atoms with E-state index in [4.69, 9.17) is 9.47 Å². The Hall–Kier alpha value is -1.74. The highest BCUT2D eigenvalue weighted by molar-refractivity contribution is 7.89. The Bertz CT molecular complexity index is 736. The number of rotatable bonds is 9. The second kappa shape index (κ2) is 8.39. The van der Waals surface area contributed by atoms with Crippen molar-refractivity contribution < 1.29 is 17.9 Å². The lowest BCUT2D eigenvalue weighted by atomic mass is 10.3. The predicted molar refractivity (Wildman–Crippen MR) is 90.8 cm³/mol. The third-order valence-electron chi connectivity index (χ3n) is 3.58. The van der Waals surface area contributed by atoms with E-state index in [1.807, 2.05) is 30.3 Å². The number of hydrogen-bond acceptors (Lipinski definition) is 5. The quantitative estimate of drug-likeness (QED) is 0.682. The number of ether oxygens (including phenoxy) is 2. The van der Waals surface area contributed by atoms with E-state index in [2.05, 4.69) is 5.10 Å². The van der Waals surface area contributed by atoms with Crippen LogP contribution in [-0.2, 0) is 19.5 Å². The molecule has 0 saturated heterocycles. The normalized spacial score (nSPS) is 12.0. The van der Waals surface area contributed by atoms with E-state index >= 15 is 0 Å². The van der Waals surface area contributed by atoms with E-state index in [-0.39, 0.29) is 18.0 Å². The fraction of sp³-hybridized carbons (Fsp3) is 0.438. The lowest BCUT2D eigenvalue weighted by Crippen LogP contribution is -2.36. The molecule has 0 radical (unpaired) electrons. The molecule has 24 heavy (non-hydrogen) atoms. The lowest BCUT2D eigenvalue weighted by molar-refractivity contribution is 0.150. The van der Waals surface area contributed by atoms with Crippen LogP contribution < -0.4 is 0 Å². The van der Waals surface area contributed by atoms with Crippen LogP contribution in [0.5, 0.6) is 0 Å². The predicted octanol–water partition coefficient (Wildman–Crippen LogP) is 1.46. The maximum atomic E-state index is 13.0. The third-order valence-corrected chi connectivity index (χ3v) is 5.58. The Morgan fingerprint density at radius 3 is 2.21 bits per heavy atom. The summed E-state index contributed by atoms with van der Waals surface area (Å²) in [6.45, 7) is 2.84. The van der Waals surface area contributed by atoms with Gasteiger partial charge in [0.05, 0.1) is 30.8 Å². The summed E-state index contributed by atoms with van der Waals surface area (Å²) in [6, 6.07) is 9.40. The summed E-state index contributed by atoms with van der Waals surface area (Å²) in [6.07, 6.45) is 1.55. The van der Waals surface area contributed by atoms with Crippen LogP contribution in [0.1, 0.15) is 5.69 Å². The number of aryl methyl sites for hydroxylation is 1. The SMILES string of the molecule is COCCN(CCOC)S(=O)(=O)c1cn(-c2ccccc2)nc1C.